The zero-order valence-corrected chi connectivity index (χ0v) is 17.7. The van der Waals surface area contributed by atoms with Crippen LogP contribution in [-0.4, -0.2) is 24.8 Å². The van der Waals surface area contributed by atoms with Crippen LogP contribution in [0.3, 0.4) is 0 Å². The molecule has 6 nitrogen and oxygen atoms in total. The normalized spacial score (nSPS) is 16.4. The minimum absolute atomic E-state index is 0.191. The van der Waals surface area contributed by atoms with Crippen LogP contribution < -0.4 is 19.6 Å². The Morgan fingerprint density at radius 1 is 1.24 bits per heavy atom. The van der Waals surface area contributed by atoms with Crippen LogP contribution in [-0.2, 0) is 9.53 Å². The molecule has 0 radical (unpaired) electrons. The van der Waals surface area contributed by atoms with Gasteiger partial charge < -0.3 is 9.47 Å². The first kappa shape index (κ1) is 19.4. The van der Waals surface area contributed by atoms with Crippen LogP contribution in [0.2, 0.25) is 0 Å². The van der Waals surface area contributed by atoms with Crippen molar-refractivity contribution in [2.24, 2.45) is 4.99 Å². The molecule has 0 spiro atoms. The fourth-order valence-electron chi connectivity index (χ4n) is 3.29. The third-order valence-electron chi connectivity index (χ3n) is 4.63. The zero-order chi connectivity index (χ0) is 20.5. The van der Waals surface area contributed by atoms with Crippen molar-refractivity contribution in [3.05, 3.63) is 83.2 Å². The predicted octanol–water partition coefficient (Wildman–Crippen LogP) is 2.48. The van der Waals surface area contributed by atoms with E-state index in [4.69, 9.17) is 9.47 Å². The molecular formula is C21H18N2O4S2. The summed E-state index contributed by atoms with van der Waals surface area (Å²) in [6.45, 7) is 1.77. The number of rotatable bonds is 4. The average molecular weight is 427 g/mol. The SMILES string of the molecule is COC(=O)C1=C(C)N=c2s/c(=C\c3cccc(OC)c3)c(=O)n2C1c1cccs1. The van der Waals surface area contributed by atoms with Crippen LogP contribution in [0.25, 0.3) is 6.08 Å². The van der Waals surface area contributed by atoms with Crippen molar-refractivity contribution in [1.82, 2.24) is 4.57 Å². The van der Waals surface area contributed by atoms with Gasteiger partial charge in [0, 0.05) is 4.88 Å². The van der Waals surface area contributed by atoms with Gasteiger partial charge in [-0.15, -0.1) is 11.3 Å². The lowest BCUT2D eigenvalue weighted by molar-refractivity contribution is -0.136. The summed E-state index contributed by atoms with van der Waals surface area (Å²) >= 11 is 2.79. The first-order valence-electron chi connectivity index (χ1n) is 8.82. The number of esters is 1. The maximum atomic E-state index is 13.3. The smallest absolute Gasteiger partial charge is 0.338 e. The van der Waals surface area contributed by atoms with Crippen molar-refractivity contribution in [3.8, 4) is 5.75 Å². The van der Waals surface area contributed by atoms with Gasteiger partial charge in [-0.2, -0.15) is 0 Å². The number of ether oxygens (including phenoxy) is 2. The van der Waals surface area contributed by atoms with Crippen molar-refractivity contribution >= 4 is 34.7 Å². The fraction of sp³-hybridized carbons (Fsp3) is 0.190. The Labute approximate surface area is 174 Å². The average Bonchev–Trinajstić information content (AvgIpc) is 3.35. The molecule has 0 saturated carbocycles. The number of benzene rings is 1. The second kappa shape index (κ2) is 7.81. The summed E-state index contributed by atoms with van der Waals surface area (Å²) in [6, 6.07) is 10.7. The second-order valence-electron chi connectivity index (χ2n) is 6.37. The summed E-state index contributed by atoms with van der Waals surface area (Å²) in [4.78, 5) is 31.8. The Morgan fingerprint density at radius 2 is 2.07 bits per heavy atom. The van der Waals surface area contributed by atoms with Crippen LogP contribution in [0, 0.1) is 0 Å². The zero-order valence-electron chi connectivity index (χ0n) is 16.0. The van der Waals surface area contributed by atoms with E-state index >= 15 is 0 Å². The molecule has 0 fully saturated rings. The molecule has 1 atom stereocenters. The van der Waals surface area contributed by atoms with Crippen LogP contribution >= 0.6 is 22.7 Å². The molecule has 0 aliphatic carbocycles. The molecule has 3 heterocycles. The molecule has 148 valence electrons. The number of thiazole rings is 1. The maximum absolute atomic E-state index is 13.3. The molecule has 2 aromatic heterocycles. The Hall–Kier alpha value is -2.97. The van der Waals surface area contributed by atoms with E-state index in [0.717, 1.165) is 10.4 Å². The lowest BCUT2D eigenvalue weighted by Crippen LogP contribution is -2.39. The molecule has 29 heavy (non-hydrogen) atoms. The molecular weight excluding hydrogens is 408 g/mol. The maximum Gasteiger partial charge on any atom is 0.338 e. The van der Waals surface area contributed by atoms with Crippen molar-refractivity contribution < 1.29 is 14.3 Å². The highest BCUT2D eigenvalue weighted by Crippen LogP contribution is 2.32. The van der Waals surface area contributed by atoms with Crippen LogP contribution in [0.4, 0.5) is 0 Å². The number of thiophene rings is 1. The summed E-state index contributed by atoms with van der Waals surface area (Å²) in [5.74, 6) is 0.235. The van der Waals surface area contributed by atoms with Gasteiger partial charge in [0.1, 0.15) is 11.8 Å². The summed E-state index contributed by atoms with van der Waals surface area (Å²) < 4.78 is 12.4. The highest BCUT2D eigenvalue weighted by Gasteiger charge is 2.33. The molecule has 4 rings (SSSR count). The van der Waals surface area contributed by atoms with Gasteiger partial charge in [0.15, 0.2) is 4.80 Å². The van der Waals surface area contributed by atoms with Gasteiger partial charge in [0.05, 0.1) is 30.0 Å². The van der Waals surface area contributed by atoms with Gasteiger partial charge in [0.2, 0.25) is 0 Å². The number of fused-ring (bicyclic) bond motifs is 1. The summed E-state index contributed by atoms with van der Waals surface area (Å²) in [5.41, 5.74) is 1.61. The number of hydrogen-bond donors (Lipinski definition) is 0. The van der Waals surface area contributed by atoms with Crippen LogP contribution in [0.1, 0.15) is 23.4 Å². The Kier molecular flexibility index (Phi) is 5.21. The minimum atomic E-state index is -0.550. The van der Waals surface area contributed by atoms with Crippen molar-refractivity contribution in [3.63, 3.8) is 0 Å². The Morgan fingerprint density at radius 3 is 2.76 bits per heavy atom. The van der Waals surface area contributed by atoms with E-state index in [0.29, 0.717) is 26.4 Å². The first-order valence-corrected chi connectivity index (χ1v) is 10.5. The summed E-state index contributed by atoms with van der Waals surface area (Å²) in [7, 11) is 2.94. The summed E-state index contributed by atoms with van der Waals surface area (Å²) in [6.07, 6.45) is 1.81. The van der Waals surface area contributed by atoms with E-state index < -0.39 is 12.0 Å². The first-order chi connectivity index (χ1) is 14.0. The monoisotopic (exact) mass is 426 g/mol. The number of carbonyl (C=O) groups excluding carboxylic acids is 1. The van der Waals surface area contributed by atoms with E-state index in [9.17, 15) is 9.59 Å². The number of aromatic nitrogens is 1. The van der Waals surface area contributed by atoms with E-state index in [1.807, 2.05) is 47.9 Å². The predicted molar refractivity (Wildman–Crippen MR) is 113 cm³/mol. The molecule has 1 unspecified atom stereocenters. The van der Waals surface area contributed by atoms with Gasteiger partial charge >= 0.3 is 5.97 Å². The molecule has 0 saturated heterocycles. The molecule has 1 aliphatic heterocycles. The fourth-order valence-corrected chi connectivity index (χ4v) is 5.16. The van der Waals surface area contributed by atoms with E-state index in [1.54, 1.807) is 18.6 Å². The molecule has 1 aliphatic rings. The van der Waals surface area contributed by atoms with Crippen LogP contribution in [0.5, 0.6) is 5.75 Å². The number of nitrogens with zero attached hydrogens (tertiary/aromatic N) is 2. The number of methoxy groups -OCH3 is 2. The molecule has 0 amide bonds. The standard InChI is InChI=1S/C21H18N2O4S2/c1-12-17(20(25)27-3)18(15-8-5-9-28-15)23-19(24)16(29-21(23)22-12)11-13-6-4-7-14(10-13)26-2/h4-11,18H,1-3H3/b16-11-. The van der Waals surface area contributed by atoms with Crippen LogP contribution in [0.15, 0.2) is 62.8 Å². The number of allylic oxidation sites excluding steroid dienone is 1. The summed E-state index contributed by atoms with van der Waals surface area (Å²) in [5, 5.41) is 1.92. The van der Waals surface area contributed by atoms with E-state index in [2.05, 4.69) is 4.99 Å². The third kappa shape index (κ3) is 3.45. The highest BCUT2D eigenvalue weighted by molar-refractivity contribution is 7.10. The number of hydrogen-bond acceptors (Lipinski definition) is 7. The second-order valence-corrected chi connectivity index (χ2v) is 8.35. The molecule has 0 N–H and O–H groups in total. The van der Waals surface area contributed by atoms with Crippen molar-refractivity contribution in [1.29, 1.82) is 0 Å². The highest BCUT2D eigenvalue weighted by atomic mass is 32.1. The van der Waals surface area contributed by atoms with Gasteiger partial charge in [-0.25, -0.2) is 9.79 Å². The molecule has 8 heteroatoms. The topological polar surface area (TPSA) is 69.9 Å². The largest absolute Gasteiger partial charge is 0.497 e. The van der Waals surface area contributed by atoms with Gasteiger partial charge in [0.25, 0.3) is 5.56 Å². The van der Waals surface area contributed by atoms with Crippen molar-refractivity contribution in [2.45, 2.75) is 13.0 Å². The van der Waals surface area contributed by atoms with Crippen molar-refractivity contribution in [2.75, 3.05) is 14.2 Å². The molecule has 3 aromatic rings. The Bertz CT molecular complexity index is 1280. The van der Waals surface area contributed by atoms with E-state index in [1.165, 1.54) is 29.8 Å². The van der Waals surface area contributed by atoms with Gasteiger partial charge in [-0.1, -0.05) is 29.5 Å². The molecule has 1 aromatic carbocycles. The van der Waals surface area contributed by atoms with Gasteiger partial charge in [-0.05, 0) is 42.1 Å². The minimum Gasteiger partial charge on any atom is -0.497 e. The van der Waals surface area contributed by atoms with Gasteiger partial charge in [-0.3, -0.25) is 9.36 Å². The third-order valence-corrected chi connectivity index (χ3v) is 6.54. The quantitative estimate of drug-likeness (QED) is 0.601. The molecule has 0 bridgehead atoms. The van der Waals surface area contributed by atoms with E-state index in [-0.39, 0.29) is 5.56 Å². The lowest BCUT2D eigenvalue weighted by Gasteiger charge is -2.22. The Balaban J connectivity index is 1.95. The lowest BCUT2D eigenvalue weighted by atomic mass is 10.0. The number of carbonyl (C=O) groups is 1.